The van der Waals surface area contributed by atoms with E-state index in [1.165, 1.54) is 11.6 Å². The van der Waals surface area contributed by atoms with E-state index in [4.69, 9.17) is 9.72 Å². The highest BCUT2D eigenvalue weighted by molar-refractivity contribution is 5.94. The predicted molar refractivity (Wildman–Crippen MR) is 127 cm³/mol. The van der Waals surface area contributed by atoms with Crippen LogP contribution in [0.5, 0.6) is 5.75 Å². The Bertz CT molecular complexity index is 1330. The lowest BCUT2D eigenvalue weighted by atomic mass is 10.1. The molecule has 5 rings (SSSR count). The standard InChI is InChI=1S/C26H24N4O3/c31-25(32)17-24(18-7-12-27-13-8-18)30-14-9-20-16-22(5-6-23(20)30)33-15-10-21-4-3-19-2-1-11-28-26(19)29-21/h3-9,12-14,16-17H,1-2,10-11,15H2,(H,28,29)(H,31,32)/b24-17-. The molecule has 1 aromatic carbocycles. The van der Waals surface area contributed by atoms with Gasteiger partial charge in [-0.3, -0.25) is 4.98 Å². The molecular formula is C26H24N4O3. The fourth-order valence-corrected chi connectivity index (χ4v) is 4.13. The average Bonchev–Trinajstić information content (AvgIpc) is 3.26. The monoisotopic (exact) mass is 440 g/mol. The van der Waals surface area contributed by atoms with Gasteiger partial charge in [0.2, 0.25) is 0 Å². The number of aliphatic carboxylic acids is 1. The molecule has 0 fully saturated rings. The third kappa shape index (κ3) is 4.57. The summed E-state index contributed by atoms with van der Waals surface area (Å²) in [6.07, 6.45) is 9.33. The van der Waals surface area contributed by atoms with Crippen LogP contribution in [0, 0.1) is 0 Å². The molecule has 4 aromatic rings. The van der Waals surface area contributed by atoms with Crippen LogP contribution < -0.4 is 10.1 Å². The molecule has 7 heteroatoms. The summed E-state index contributed by atoms with van der Waals surface area (Å²) in [6, 6.07) is 15.6. The number of fused-ring (bicyclic) bond motifs is 2. The normalized spacial score (nSPS) is 13.4. The highest BCUT2D eigenvalue weighted by Crippen LogP contribution is 2.27. The molecule has 2 N–H and O–H groups in total. The topological polar surface area (TPSA) is 89.3 Å². The molecule has 0 amide bonds. The third-order valence-corrected chi connectivity index (χ3v) is 5.74. The molecule has 0 atom stereocenters. The van der Waals surface area contributed by atoms with Crippen LogP contribution in [-0.2, 0) is 17.6 Å². The number of ether oxygens (including phenoxy) is 1. The van der Waals surface area contributed by atoms with Gasteiger partial charge < -0.3 is 19.7 Å². The third-order valence-electron chi connectivity index (χ3n) is 5.74. The number of benzene rings is 1. The Morgan fingerprint density at radius 2 is 2.03 bits per heavy atom. The van der Waals surface area contributed by atoms with Gasteiger partial charge in [-0.15, -0.1) is 0 Å². The first-order chi connectivity index (χ1) is 16.2. The predicted octanol–water partition coefficient (Wildman–Crippen LogP) is 4.38. The molecule has 0 spiro atoms. The molecule has 3 aromatic heterocycles. The summed E-state index contributed by atoms with van der Waals surface area (Å²) in [5, 5.41) is 13.7. The van der Waals surface area contributed by atoms with Crippen LogP contribution in [0.2, 0.25) is 0 Å². The van der Waals surface area contributed by atoms with E-state index in [9.17, 15) is 9.90 Å². The van der Waals surface area contributed by atoms with Crippen LogP contribution >= 0.6 is 0 Å². The van der Waals surface area contributed by atoms with Gasteiger partial charge in [-0.05, 0) is 60.9 Å². The van der Waals surface area contributed by atoms with Gasteiger partial charge in [-0.2, -0.15) is 0 Å². The molecule has 0 unspecified atom stereocenters. The van der Waals surface area contributed by atoms with E-state index in [0.29, 0.717) is 12.3 Å². The summed E-state index contributed by atoms with van der Waals surface area (Å²) in [7, 11) is 0. The first-order valence-corrected chi connectivity index (χ1v) is 11.0. The second-order valence-corrected chi connectivity index (χ2v) is 7.95. The lowest BCUT2D eigenvalue weighted by Gasteiger charge is -2.17. The van der Waals surface area contributed by atoms with Gasteiger partial charge in [0.25, 0.3) is 0 Å². The summed E-state index contributed by atoms with van der Waals surface area (Å²) in [4.78, 5) is 20.2. The number of pyridine rings is 2. The van der Waals surface area contributed by atoms with Gasteiger partial charge in [0.05, 0.1) is 17.8 Å². The molecule has 0 saturated carbocycles. The molecule has 0 aliphatic carbocycles. The minimum atomic E-state index is -1.00. The van der Waals surface area contributed by atoms with Gasteiger partial charge in [0, 0.05) is 54.3 Å². The summed E-state index contributed by atoms with van der Waals surface area (Å²) in [5.41, 5.74) is 4.53. The largest absolute Gasteiger partial charge is 0.493 e. The molecule has 1 aliphatic heterocycles. The lowest BCUT2D eigenvalue weighted by molar-refractivity contribution is -0.131. The van der Waals surface area contributed by atoms with E-state index in [2.05, 4.69) is 22.4 Å². The van der Waals surface area contributed by atoms with E-state index in [0.717, 1.165) is 59.5 Å². The number of aryl methyl sites for hydroxylation is 1. The number of carboxylic acid groups (broad SMARTS) is 1. The Kier molecular flexibility index (Phi) is 5.76. The maximum absolute atomic E-state index is 11.4. The van der Waals surface area contributed by atoms with Crippen molar-refractivity contribution in [2.45, 2.75) is 19.3 Å². The average molecular weight is 441 g/mol. The Balaban J connectivity index is 1.32. The zero-order chi connectivity index (χ0) is 22.6. The molecule has 0 saturated heterocycles. The van der Waals surface area contributed by atoms with Gasteiger partial charge >= 0.3 is 5.97 Å². The quantitative estimate of drug-likeness (QED) is 0.415. The number of hydrogen-bond acceptors (Lipinski definition) is 5. The summed E-state index contributed by atoms with van der Waals surface area (Å²) in [6.45, 7) is 1.50. The second kappa shape index (κ2) is 9.16. The van der Waals surface area contributed by atoms with Crippen LogP contribution in [0.25, 0.3) is 16.6 Å². The Morgan fingerprint density at radius 1 is 1.15 bits per heavy atom. The zero-order valence-electron chi connectivity index (χ0n) is 18.1. The molecule has 4 heterocycles. The van der Waals surface area contributed by atoms with Gasteiger partial charge in [0.1, 0.15) is 11.6 Å². The number of nitrogens with one attached hydrogen (secondary N) is 1. The molecular weight excluding hydrogens is 416 g/mol. The van der Waals surface area contributed by atoms with Crippen molar-refractivity contribution in [1.29, 1.82) is 0 Å². The molecule has 0 radical (unpaired) electrons. The van der Waals surface area contributed by atoms with E-state index in [1.807, 2.05) is 35.0 Å². The van der Waals surface area contributed by atoms with Crippen molar-refractivity contribution in [2.24, 2.45) is 0 Å². The van der Waals surface area contributed by atoms with Gasteiger partial charge in [-0.1, -0.05) is 6.07 Å². The zero-order valence-corrected chi connectivity index (χ0v) is 18.1. The van der Waals surface area contributed by atoms with Crippen molar-refractivity contribution in [3.8, 4) is 5.75 Å². The number of hydrogen-bond donors (Lipinski definition) is 2. The van der Waals surface area contributed by atoms with Crippen molar-refractivity contribution in [2.75, 3.05) is 18.5 Å². The summed E-state index contributed by atoms with van der Waals surface area (Å²) < 4.78 is 7.86. The first kappa shape index (κ1) is 20.8. The maximum atomic E-state index is 11.4. The van der Waals surface area contributed by atoms with Crippen molar-refractivity contribution in [1.82, 2.24) is 14.5 Å². The molecule has 1 aliphatic rings. The fourth-order valence-electron chi connectivity index (χ4n) is 4.13. The molecule has 33 heavy (non-hydrogen) atoms. The minimum absolute atomic E-state index is 0.527. The van der Waals surface area contributed by atoms with E-state index < -0.39 is 5.97 Å². The molecule has 166 valence electrons. The van der Waals surface area contributed by atoms with Gasteiger partial charge in [-0.25, -0.2) is 9.78 Å². The Labute approximate surface area is 191 Å². The Hall–Kier alpha value is -4.13. The van der Waals surface area contributed by atoms with Crippen LogP contribution in [0.1, 0.15) is 23.2 Å². The van der Waals surface area contributed by atoms with Crippen molar-refractivity contribution in [3.05, 3.63) is 90.0 Å². The van der Waals surface area contributed by atoms with Crippen molar-refractivity contribution < 1.29 is 14.6 Å². The van der Waals surface area contributed by atoms with Crippen molar-refractivity contribution >= 4 is 28.4 Å². The van der Waals surface area contributed by atoms with Crippen LogP contribution in [0.4, 0.5) is 5.82 Å². The summed E-state index contributed by atoms with van der Waals surface area (Å²) >= 11 is 0. The number of aromatic nitrogens is 3. The van der Waals surface area contributed by atoms with E-state index >= 15 is 0 Å². The van der Waals surface area contributed by atoms with E-state index in [-0.39, 0.29) is 0 Å². The smallest absolute Gasteiger partial charge is 0.330 e. The Morgan fingerprint density at radius 3 is 2.88 bits per heavy atom. The highest BCUT2D eigenvalue weighted by Gasteiger charge is 2.12. The first-order valence-electron chi connectivity index (χ1n) is 11.0. The number of carbonyl (C=O) groups is 1. The second-order valence-electron chi connectivity index (χ2n) is 7.95. The highest BCUT2D eigenvalue weighted by atomic mass is 16.5. The van der Waals surface area contributed by atoms with Gasteiger partial charge in [0.15, 0.2) is 0 Å². The number of anilines is 1. The lowest BCUT2D eigenvalue weighted by Crippen LogP contribution is -2.14. The summed E-state index contributed by atoms with van der Waals surface area (Å²) in [5.74, 6) is 0.763. The van der Waals surface area contributed by atoms with Crippen LogP contribution in [0.3, 0.4) is 0 Å². The molecule has 7 nitrogen and oxygen atoms in total. The molecule has 0 bridgehead atoms. The van der Waals surface area contributed by atoms with E-state index in [1.54, 1.807) is 24.5 Å². The maximum Gasteiger partial charge on any atom is 0.330 e. The minimum Gasteiger partial charge on any atom is -0.493 e. The SMILES string of the molecule is O=C(O)/C=C(/c1ccncc1)n1ccc2cc(OCCc3ccc4c(n3)NCCC4)ccc21. The van der Waals surface area contributed by atoms with Crippen LogP contribution in [-0.4, -0.2) is 38.8 Å². The fraction of sp³-hybridized carbons (Fsp3) is 0.192. The number of carboxylic acids is 1. The number of rotatable bonds is 7. The van der Waals surface area contributed by atoms with Crippen LogP contribution in [0.15, 0.2) is 73.2 Å². The van der Waals surface area contributed by atoms with Crippen molar-refractivity contribution in [3.63, 3.8) is 0 Å². The number of nitrogens with zero attached hydrogens (tertiary/aromatic N) is 3.